The number of benzene rings is 2. The van der Waals surface area contributed by atoms with Crippen molar-refractivity contribution < 1.29 is 14.0 Å². The maximum atomic E-state index is 12.9. The lowest BCUT2D eigenvalue weighted by Gasteiger charge is -2.23. The Bertz CT molecular complexity index is 762. The molecular weight excluding hydrogens is 333 g/mol. The van der Waals surface area contributed by atoms with Crippen molar-refractivity contribution in [2.45, 2.75) is 26.3 Å². The van der Waals surface area contributed by atoms with Crippen molar-refractivity contribution in [3.63, 3.8) is 0 Å². The van der Waals surface area contributed by atoms with E-state index < -0.39 is 6.04 Å². The van der Waals surface area contributed by atoms with Crippen LogP contribution in [0.2, 0.25) is 0 Å². The van der Waals surface area contributed by atoms with Crippen LogP contribution in [0.5, 0.6) is 0 Å². The molecule has 2 rings (SSSR count). The molecule has 2 N–H and O–H groups in total. The Morgan fingerprint density at radius 2 is 1.73 bits per heavy atom. The second kappa shape index (κ2) is 9.10. The number of para-hydroxylation sites is 1. The van der Waals surface area contributed by atoms with E-state index in [2.05, 4.69) is 10.6 Å². The third-order valence-electron chi connectivity index (χ3n) is 4.22. The standard InChI is InChI=1S/C20H24FN3O2/c1-4-15-7-5-6-8-18(15)23-19(25)13-24(3)14(2)20(26)22-17-11-9-16(21)10-12-17/h5-12,14H,4,13H2,1-3H3,(H,22,26)(H,23,25). The molecule has 0 aromatic heterocycles. The van der Waals surface area contributed by atoms with Crippen molar-refractivity contribution in [3.8, 4) is 0 Å². The number of hydrogen-bond acceptors (Lipinski definition) is 3. The summed E-state index contributed by atoms with van der Waals surface area (Å²) in [6.45, 7) is 3.82. The topological polar surface area (TPSA) is 61.4 Å². The van der Waals surface area contributed by atoms with Crippen LogP contribution >= 0.6 is 0 Å². The third-order valence-corrected chi connectivity index (χ3v) is 4.22. The molecule has 0 spiro atoms. The SMILES string of the molecule is CCc1ccccc1NC(=O)CN(C)C(C)C(=O)Nc1ccc(F)cc1. The van der Waals surface area contributed by atoms with E-state index in [9.17, 15) is 14.0 Å². The minimum Gasteiger partial charge on any atom is -0.325 e. The monoisotopic (exact) mass is 357 g/mol. The average Bonchev–Trinajstić information content (AvgIpc) is 2.63. The molecule has 0 heterocycles. The summed E-state index contributed by atoms with van der Waals surface area (Å²) in [4.78, 5) is 26.2. The van der Waals surface area contributed by atoms with Crippen LogP contribution < -0.4 is 10.6 Å². The van der Waals surface area contributed by atoms with Crippen LogP contribution in [0.25, 0.3) is 0 Å². The quantitative estimate of drug-likeness (QED) is 0.799. The summed E-state index contributed by atoms with van der Waals surface area (Å²) in [7, 11) is 1.71. The Morgan fingerprint density at radius 3 is 2.38 bits per heavy atom. The van der Waals surface area contributed by atoms with Gasteiger partial charge in [0, 0.05) is 11.4 Å². The van der Waals surface area contributed by atoms with Gasteiger partial charge < -0.3 is 10.6 Å². The molecule has 0 aliphatic carbocycles. The van der Waals surface area contributed by atoms with Gasteiger partial charge in [0.15, 0.2) is 0 Å². The molecular formula is C20H24FN3O2. The molecule has 2 aromatic rings. The molecule has 0 saturated heterocycles. The van der Waals surface area contributed by atoms with E-state index in [0.717, 1.165) is 17.7 Å². The first-order valence-corrected chi connectivity index (χ1v) is 8.55. The first kappa shape index (κ1) is 19.6. The van der Waals surface area contributed by atoms with Crippen LogP contribution in [0.3, 0.4) is 0 Å². The van der Waals surface area contributed by atoms with E-state index >= 15 is 0 Å². The van der Waals surface area contributed by atoms with Crippen LogP contribution in [0, 0.1) is 5.82 Å². The maximum Gasteiger partial charge on any atom is 0.241 e. The molecule has 6 heteroatoms. The van der Waals surface area contributed by atoms with Gasteiger partial charge in [-0.05, 0) is 56.3 Å². The van der Waals surface area contributed by atoms with Gasteiger partial charge in [0.1, 0.15) is 5.82 Å². The number of amides is 2. The highest BCUT2D eigenvalue weighted by Crippen LogP contribution is 2.15. The second-order valence-electron chi connectivity index (χ2n) is 6.15. The lowest BCUT2D eigenvalue weighted by molar-refractivity contribution is -0.122. The van der Waals surface area contributed by atoms with Crippen LogP contribution in [0.4, 0.5) is 15.8 Å². The smallest absolute Gasteiger partial charge is 0.241 e. The van der Waals surface area contributed by atoms with Crippen molar-refractivity contribution in [2.75, 3.05) is 24.2 Å². The number of carbonyl (C=O) groups excluding carboxylic acids is 2. The Hall–Kier alpha value is -2.73. The Balaban J connectivity index is 1.90. The van der Waals surface area contributed by atoms with E-state index in [4.69, 9.17) is 0 Å². The van der Waals surface area contributed by atoms with Gasteiger partial charge in [-0.3, -0.25) is 14.5 Å². The molecule has 5 nitrogen and oxygen atoms in total. The zero-order valence-corrected chi connectivity index (χ0v) is 15.3. The number of nitrogens with zero attached hydrogens (tertiary/aromatic N) is 1. The minimum absolute atomic E-state index is 0.0794. The molecule has 0 aliphatic rings. The Kier molecular flexibility index (Phi) is 6.86. The minimum atomic E-state index is -0.521. The summed E-state index contributed by atoms with van der Waals surface area (Å²) in [5.41, 5.74) is 2.36. The van der Waals surface area contributed by atoms with E-state index in [1.807, 2.05) is 31.2 Å². The van der Waals surface area contributed by atoms with Gasteiger partial charge in [0.25, 0.3) is 0 Å². The number of aryl methyl sites for hydroxylation is 1. The summed E-state index contributed by atoms with van der Waals surface area (Å²) < 4.78 is 12.9. The zero-order valence-electron chi connectivity index (χ0n) is 15.3. The number of halogens is 1. The molecule has 2 amide bonds. The van der Waals surface area contributed by atoms with Gasteiger partial charge in [-0.2, -0.15) is 0 Å². The molecule has 0 bridgehead atoms. The number of carbonyl (C=O) groups is 2. The molecule has 26 heavy (non-hydrogen) atoms. The Morgan fingerprint density at radius 1 is 1.08 bits per heavy atom. The van der Waals surface area contributed by atoms with E-state index in [1.54, 1.807) is 18.9 Å². The van der Waals surface area contributed by atoms with Crippen molar-refractivity contribution in [2.24, 2.45) is 0 Å². The fraction of sp³-hybridized carbons (Fsp3) is 0.300. The lowest BCUT2D eigenvalue weighted by atomic mass is 10.1. The van der Waals surface area contributed by atoms with E-state index in [1.165, 1.54) is 24.3 Å². The first-order valence-electron chi connectivity index (χ1n) is 8.55. The van der Waals surface area contributed by atoms with Crippen LogP contribution in [-0.4, -0.2) is 36.3 Å². The van der Waals surface area contributed by atoms with Crippen molar-refractivity contribution >= 4 is 23.2 Å². The van der Waals surface area contributed by atoms with Gasteiger partial charge in [0.2, 0.25) is 11.8 Å². The maximum absolute atomic E-state index is 12.9. The molecule has 2 aromatic carbocycles. The summed E-state index contributed by atoms with van der Waals surface area (Å²) in [5, 5.41) is 5.60. The van der Waals surface area contributed by atoms with Crippen molar-refractivity contribution in [3.05, 3.63) is 59.9 Å². The van der Waals surface area contributed by atoms with Crippen molar-refractivity contribution in [1.29, 1.82) is 0 Å². The highest BCUT2D eigenvalue weighted by atomic mass is 19.1. The van der Waals surface area contributed by atoms with Gasteiger partial charge >= 0.3 is 0 Å². The second-order valence-corrected chi connectivity index (χ2v) is 6.15. The van der Waals surface area contributed by atoms with Gasteiger partial charge in [-0.1, -0.05) is 25.1 Å². The highest BCUT2D eigenvalue weighted by Gasteiger charge is 2.20. The molecule has 138 valence electrons. The molecule has 0 radical (unpaired) electrons. The normalized spacial score (nSPS) is 11.9. The van der Waals surface area contributed by atoms with E-state index in [-0.39, 0.29) is 24.2 Å². The van der Waals surface area contributed by atoms with Crippen LogP contribution in [0.1, 0.15) is 19.4 Å². The average molecular weight is 357 g/mol. The van der Waals surface area contributed by atoms with E-state index in [0.29, 0.717) is 5.69 Å². The molecule has 0 aliphatic heterocycles. The number of likely N-dealkylation sites (N-methyl/N-ethyl adjacent to an activating group) is 1. The van der Waals surface area contributed by atoms with Crippen LogP contribution in [-0.2, 0) is 16.0 Å². The molecule has 0 fully saturated rings. The number of nitrogens with one attached hydrogen (secondary N) is 2. The lowest BCUT2D eigenvalue weighted by Crippen LogP contribution is -2.43. The highest BCUT2D eigenvalue weighted by molar-refractivity contribution is 5.96. The first-order chi connectivity index (χ1) is 12.4. The van der Waals surface area contributed by atoms with Crippen LogP contribution in [0.15, 0.2) is 48.5 Å². The number of hydrogen-bond donors (Lipinski definition) is 2. The summed E-state index contributed by atoms with van der Waals surface area (Å²) >= 11 is 0. The third kappa shape index (κ3) is 5.39. The van der Waals surface area contributed by atoms with Gasteiger partial charge in [-0.25, -0.2) is 4.39 Å². The Labute approximate surface area is 153 Å². The number of anilines is 2. The molecule has 0 saturated carbocycles. The summed E-state index contributed by atoms with van der Waals surface area (Å²) in [6.07, 6.45) is 0.822. The van der Waals surface area contributed by atoms with Gasteiger partial charge in [-0.15, -0.1) is 0 Å². The summed E-state index contributed by atoms with van der Waals surface area (Å²) in [5.74, 6) is -0.812. The van der Waals surface area contributed by atoms with Crippen molar-refractivity contribution in [1.82, 2.24) is 4.90 Å². The predicted octanol–water partition coefficient (Wildman–Crippen LogP) is 3.29. The fourth-order valence-corrected chi connectivity index (χ4v) is 2.48. The van der Waals surface area contributed by atoms with Gasteiger partial charge in [0.05, 0.1) is 12.6 Å². The molecule has 1 unspecified atom stereocenters. The molecule has 1 atom stereocenters. The number of rotatable bonds is 7. The largest absolute Gasteiger partial charge is 0.325 e. The predicted molar refractivity (Wildman–Crippen MR) is 102 cm³/mol. The zero-order chi connectivity index (χ0) is 19.1. The fourth-order valence-electron chi connectivity index (χ4n) is 2.48. The summed E-state index contributed by atoms with van der Waals surface area (Å²) in [6, 6.07) is 12.7.